The molecule has 3 amide bonds. The van der Waals surface area contributed by atoms with Crippen LogP contribution in [-0.4, -0.2) is 80.9 Å². The van der Waals surface area contributed by atoms with E-state index in [2.05, 4.69) is 68.5 Å². The SMILES string of the molecule is CC(C)c1cnc(NC2CCN(c3ccc(CN4CC(O)(c5ccc6c(c5)CN(C5CCC(=O)NC5=O)C6=O)C4)cc3)CC2)nc1. The number of nitrogens with one attached hydrogen (secondary N) is 2. The van der Waals surface area contributed by atoms with Crippen molar-refractivity contribution in [2.24, 2.45) is 0 Å². The molecule has 7 rings (SSSR count). The molecule has 3 N–H and O–H groups in total. The molecule has 0 bridgehead atoms. The minimum absolute atomic E-state index is 0.204. The molecule has 3 fully saturated rings. The smallest absolute Gasteiger partial charge is 0.255 e. The van der Waals surface area contributed by atoms with Crippen LogP contribution in [0.2, 0.25) is 0 Å². The molecule has 11 heteroatoms. The number of imide groups is 1. The fourth-order valence-corrected chi connectivity index (χ4v) is 7.10. The first-order valence-corrected chi connectivity index (χ1v) is 16.3. The summed E-state index contributed by atoms with van der Waals surface area (Å²) in [5.74, 6) is 0.197. The lowest BCUT2D eigenvalue weighted by Gasteiger charge is -2.47. The Hall–Kier alpha value is -4.35. The van der Waals surface area contributed by atoms with E-state index in [0.29, 0.717) is 49.5 Å². The van der Waals surface area contributed by atoms with E-state index in [1.165, 1.54) is 16.2 Å². The van der Waals surface area contributed by atoms with Gasteiger partial charge in [0, 0.05) is 75.4 Å². The second-order valence-electron chi connectivity index (χ2n) is 13.5. The summed E-state index contributed by atoms with van der Waals surface area (Å²) in [6, 6.07) is 13.9. The molecule has 5 heterocycles. The molecule has 4 aliphatic heterocycles. The number of aromatic nitrogens is 2. The molecule has 0 radical (unpaired) electrons. The van der Waals surface area contributed by atoms with E-state index < -0.39 is 17.6 Å². The quantitative estimate of drug-likeness (QED) is 0.324. The van der Waals surface area contributed by atoms with Crippen LogP contribution in [0.4, 0.5) is 11.6 Å². The number of nitrogens with zero attached hydrogens (tertiary/aromatic N) is 5. The fourth-order valence-electron chi connectivity index (χ4n) is 7.10. The summed E-state index contributed by atoms with van der Waals surface area (Å²) < 4.78 is 0. The average molecular weight is 624 g/mol. The highest BCUT2D eigenvalue weighted by atomic mass is 16.3. The van der Waals surface area contributed by atoms with Crippen LogP contribution in [0.3, 0.4) is 0 Å². The minimum Gasteiger partial charge on any atom is -0.382 e. The van der Waals surface area contributed by atoms with Gasteiger partial charge in [-0.2, -0.15) is 0 Å². The Labute approximate surface area is 269 Å². The number of aliphatic hydroxyl groups is 1. The van der Waals surface area contributed by atoms with Gasteiger partial charge in [-0.3, -0.25) is 24.6 Å². The molecule has 0 spiro atoms. The zero-order valence-corrected chi connectivity index (χ0v) is 26.4. The number of hydrogen-bond donors (Lipinski definition) is 3. The summed E-state index contributed by atoms with van der Waals surface area (Å²) in [5.41, 5.74) is 4.73. The van der Waals surface area contributed by atoms with Crippen molar-refractivity contribution in [3.63, 3.8) is 0 Å². The number of hydrogen-bond acceptors (Lipinski definition) is 9. The maximum Gasteiger partial charge on any atom is 0.255 e. The van der Waals surface area contributed by atoms with Crippen molar-refractivity contribution in [1.82, 2.24) is 25.1 Å². The molecule has 11 nitrogen and oxygen atoms in total. The number of carbonyl (C=O) groups is 3. The maximum absolute atomic E-state index is 13.0. The van der Waals surface area contributed by atoms with E-state index in [1.54, 1.807) is 6.07 Å². The van der Waals surface area contributed by atoms with Gasteiger partial charge in [0.05, 0.1) is 0 Å². The number of rotatable bonds is 8. The molecule has 0 saturated carbocycles. The van der Waals surface area contributed by atoms with Crippen molar-refractivity contribution in [1.29, 1.82) is 0 Å². The molecule has 4 aliphatic rings. The third-order valence-corrected chi connectivity index (χ3v) is 9.91. The van der Waals surface area contributed by atoms with Gasteiger partial charge in [0.25, 0.3) is 5.91 Å². The highest BCUT2D eigenvalue weighted by Gasteiger charge is 2.44. The first-order valence-electron chi connectivity index (χ1n) is 16.3. The highest BCUT2D eigenvalue weighted by molar-refractivity contribution is 6.05. The van der Waals surface area contributed by atoms with Crippen molar-refractivity contribution in [3.8, 4) is 0 Å². The van der Waals surface area contributed by atoms with Crippen LogP contribution < -0.4 is 15.5 Å². The Morgan fingerprint density at radius 1 is 1.00 bits per heavy atom. The highest BCUT2D eigenvalue weighted by Crippen LogP contribution is 2.36. The Kier molecular flexibility index (Phi) is 7.98. The molecular formula is C35H41N7O4. The second-order valence-corrected chi connectivity index (χ2v) is 13.5. The van der Waals surface area contributed by atoms with Gasteiger partial charge in [-0.1, -0.05) is 38.1 Å². The molecular weight excluding hydrogens is 582 g/mol. The topological polar surface area (TPSA) is 131 Å². The van der Waals surface area contributed by atoms with Crippen LogP contribution in [0.15, 0.2) is 54.9 Å². The van der Waals surface area contributed by atoms with E-state index in [4.69, 9.17) is 0 Å². The number of β-amino-alcohol motifs (C(OH)–C–C–N with tert-alkyl or cyclic N) is 1. The Morgan fingerprint density at radius 3 is 2.39 bits per heavy atom. The normalized spacial score (nSPS) is 21.7. The van der Waals surface area contributed by atoms with E-state index in [0.717, 1.165) is 49.2 Å². The number of likely N-dealkylation sites (tertiary alicyclic amines) is 1. The van der Waals surface area contributed by atoms with Gasteiger partial charge in [-0.15, -0.1) is 0 Å². The zero-order chi connectivity index (χ0) is 32.0. The maximum atomic E-state index is 13.0. The number of carbonyl (C=O) groups excluding carboxylic acids is 3. The first kappa shape index (κ1) is 30.3. The first-order chi connectivity index (χ1) is 22.1. The molecule has 1 atom stereocenters. The summed E-state index contributed by atoms with van der Waals surface area (Å²) in [7, 11) is 0. The van der Waals surface area contributed by atoms with Gasteiger partial charge in [0.1, 0.15) is 11.6 Å². The molecule has 3 aromatic rings. The number of amides is 3. The Balaban J connectivity index is 0.894. The molecule has 240 valence electrons. The Bertz CT molecular complexity index is 1630. The van der Waals surface area contributed by atoms with Crippen LogP contribution >= 0.6 is 0 Å². The van der Waals surface area contributed by atoms with Gasteiger partial charge in [0.2, 0.25) is 17.8 Å². The van der Waals surface area contributed by atoms with Gasteiger partial charge in [-0.25, -0.2) is 9.97 Å². The van der Waals surface area contributed by atoms with Gasteiger partial charge < -0.3 is 20.2 Å². The average Bonchev–Trinajstić information content (AvgIpc) is 3.36. The molecule has 3 saturated heterocycles. The fraction of sp³-hybridized carbons (Fsp3) is 0.457. The van der Waals surface area contributed by atoms with Crippen LogP contribution in [0.25, 0.3) is 0 Å². The van der Waals surface area contributed by atoms with Crippen LogP contribution in [0, 0.1) is 0 Å². The second kappa shape index (κ2) is 12.1. The summed E-state index contributed by atoms with van der Waals surface area (Å²) in [6.07, 6.45) is 6.42. The molecule has 2 aromatic carbocycles. The van der Waals surface area contributed by atoms with E-state index in [1.807, 2.05) is 24.5 Å². The molecule has 1 aromatic heterocycles. The van der Waals surface area contributed by atoms with Crippen molar-refractivity contribution in [2.45, 2.75) is 76.2 Å². The van der Waals surface area contributed by atoms with E-state index in [-0.39, 0.29) is 18.2 Å². The number of piperidine rings is 2. The predicted octanol–water partition coefficient (Wildman–Crippen LogP) is 3.15. The zero-order valence-electron chi connectivity index (χ0n) is 26.4. The summed E-state index contributed by atoms with van der Waals surface area (Å²) in [4.78, 5) is 52.1. The van der Waals surface area contributed by atoms with E-state index in [9.17, 15) is 19.5 Å². The Morgan fingerprint density at radius 2 is 1.72 bits per heavy atom. The van der Waals surface area contributed by atoms with E-state index >= 15 is 0 Å². The monoisotopic (exact) mass is 623 g/mol. The predicted molar refractivity (Wildman–Crippen MR) is 173 cm³/mol. The molecule has 1 unspecified atom stereocenters. The lowest BCUT2D eigenvalue weighted by Crippen LogP contribution is -2.58. The van der Waals surface area contributed by atoms with Crippen LogP contribution in [0.5, 0.6) is 0 Å². The van der Waals surface area contributed by atoms with Crippen molar-refractivity contribution >= 4 is 29.4 Å². The number of anilines is 2. The molecule has 0 aliphatic carbocycles. The third-order valence-electron chi connectivity index (χ3n) is 9.91. The lowest BCUT2D eigenvalue weighted by atomic mass is 9.84. The number of benzene rings is 2. The largest absolute Gasteiger partial charge is 0.382 e. The number of fused-ring (bicyclic) bond motifs is 1. The third kappa shape index (κ3) is 5.96. The van der Waals surface area contributed by atoms with Crippen molar-refractivity contribution in [2.75, 3.05) is 36.4 Å². The van der Waals surface area contributed by atoms with Crippen LogP contribution in [-0.2, 0) is 28.3 Å². The van der Waals surface area contributed by atoms with Crippen molar-refractivity contribution < 1.29 is 19.5 Å². The van der Waals surface area contributed by atoms with Gasteiger partial charge in [0.15, 0.2) is 0 Å². The summed E-state index contributed by atoms with van der Waals surface area (Å²) in [6.45, 7) is 8.28. The standard InChI is InChI=1S/C35H41N7O4/c1-22(2)25-16-36-34(37-17-25)38-27-11-13-41(14-12-27)28-6-3-23(4-7-28)18-40-20-35(46,21-40)26-5-8-29-24(15-26)19-42(33(29)45)30-9-10-31(43)39-32(30)44/h3-8,15-17,22,27,30,46H,9-14,18-21H2,1-2H3,(H,36,37,38)(H,39,43,44). The van der Waals surface area contributed by atoms with Gasteiger partial charge >= 0.3 is 0 Å². The summed E-state index contributed by atoms with van der Waals surface area (Å²) >= 11 is 0. The minimum atomic E-state index is -0.986. The molecule has 46 heavy (non-hydrogen) atoms. The van der Waals surface area contributed by atoms with Gasteiger partial charge in [-0.05, 0) is 65.6 Å². The lowest BCUT2D eigenvalue weighted by molar-refractivity contribution is -0.136. The van der Waals surface area contributed by atoms with Crippen LogP contribution in [0.1, 0.15) is 78.1 Å². The van der Waals surface area contributed by atoms with Crippen molar-refractivity contribution in [3.05, 3.63) is 82.7 Å². The summed E-state index contributed by atoms with van der Waals surface area (Å²) in [5, 5.41) is 17.2.